The maximum atomic E-state index is 12.1. The molecule has 0 fully saturated rings. The van der Waals surface area contributed by atoms with Crippen LogP contribution in [-0.2, 0) is 0 Å². The van der Waals surface area contributed by atoms with Gasteiger partial charge in [0.2, 0.25) is 0 Å². The molecule has 2 rings (SSSR count). The molecule has 8 heteroatoms. The number of nitrogens with zero attached hydrogens (tertiary/aromatic N) is 2. The fourth-order valence-electron chi connectivity index (χ4n) is 2.21. The van der Waals surface area contributed by atoms with E-state index in [1.54, 1.807) is 25.1 Å². The largest absolute Gasteiger partial charge is 0.489 e. The van der Waals surface area contributed by atoms with Crippen LogP contribution in [0.1, 0.15) is 33.5 Å². The van der Waals surface area contributed by atoms with E-state index in [4.69, 9.17) is 31.3 Å². The predicted molar refractivity (Wildman–Crippen MR) is 95.9 cm³/mol. The van der Waals surface area contributed by atoms with Crippen molar-refractivity contribution in [1.29, 1.82) is 0 Å². The number of benzene rings is 1. The summed E-state index contributed by atoms with van der Waals surface area (Å²) in [5, 5.41) is 4.18. The summed E-state index contributed by atoms with van der Waals surface area (Å²) in [6, 6.07) is 4.05. The number of nitrogens with two attached hydrogens (primary N) is 1. The van der Waals surface area contributed by atoms with Gasteiger partial charge in [0.1, 0.15) is 17.3 Å². The SMILES string of the molecule is Cc1cc(N(C(N)=O)c2cc(Cl)c(OC(C)C)cc2OC(C)C)no1. The Hall–Kier alpha value is -2.41. The monoisotopic (exact) mass is 367 g/mol. The third-order valence-electron chi connectivity index (χ3n) is 3.04. The van der Waals surface area contributed by atoms with Crippen molar-refractivity contribution in [3.63, 3.8) is 0 Å². The number of aromatic nitrogens is 1. The number of hydrogen-bond acceptors (Lipinski definition) is 5. The van der Waals surface area contributed by atoms with Gasteiger partial charge in [-0.3, -0.25) is 0 Å². The molecule has 0 unspecified atom stereocenters. The first-order valence-electron chi connectivity index (χ1n) is 7.88. The average molecular weight is 368 g/mol. The first-order chi connectivity index (χ1) is 11.7. The lowest BCUT2D eigenvalue weighted by atomic mass is 10.2. The van der Waals surface area contributed by atoms with E-state index in [-0.39, 0.29) is 18.0 Å². The number of rotatable bonds is 6. The standard InChI is InChI=1S/C17H22ClN3O4/c1-9(2)23-14-8-15(24-10(3)4)13(7-12(14)18)21(17(19)22)16-6-11(5)25-20-16/h6-10H,1-5H3,(H2,19,22). The summed E-state index contributed by atoms with van der Waals surface area (Å²) in [5.74, 6) is 1.64. The number of carbonyl (C=O) groups is 1. The van der Waals surface area contributed by atoms with Gasteiger partial charge in [-0.15, -0.1) is 0 Å². The number of aryl methyl sites for hydroxylation is 1. The zero-order valence-corrected chi connectivity index (χ0v) is 15.6. The summed E-state index contributed by atoms with van der Waals surface area (Å²) in [7, 11) is 0. The first-order valence-corrected chi connectivity index (χ1v) is 8.26. The topological polar surface area (TPSA) is 90.8 Å². The number of ether oxygens (including phenoxy) is 2. The minimum atomic E-state index is -0.740. The van der Waals surface area contributed by atoms with E-state index in [2.05, 4.69) is 5.16 Å². The second-order valence-corrected chi connectivity index (χ2v) is 6.46. The molecule has 0 saturated heterocycles. The van der Waals surface area contributed by atoms with Crippen LogP contribution in [-0.4, -0.2) is 23.4 Å². The second kappa shape index (κ2) is 7.65. The van der Waals surface area contributed by atoms with Gasteiger partial charge in [0.15, 0.2) is 5.82 Å². The van der Waals surface area contributed by atoms with Crippen molar-refractivity contribution >= 4 is 29.1 Å². The van der Waals surface area contributed by atoms with Gasteiger partial charge in [0, 0.05) is 12.1 Å². The quantitative estimate of drug-likeness (QED) is 0.815. The van der Waals surface area contributed by atoms with Gasteiger partial charge in [-0.2, -0.15) is 0 Å². The van der Waals surface area contributed by atoms with Crippen LogP contribution in [0.15, 0.2) is 22.7 Å². The number of carbonyl (C=O) groups excluding carboxylic acids is 1. The zero-order chi connectivity index (χ0) is 18.7. The Labute approximate surface area is 151 Å². The molecule has 0 spiro atoms. The van der Waals surface area contributed by atoms with Crippen molar-refractivity contribution in [2.45, 2.75) is 46.8 Å². The van der Waals surface area contributed by atoms with E-state index in [0.717, 1.165) is 0 Å². The molecule has 0 aliphatic rings. The van der Waals surface area contributed by atoms with Crippen molar-refractivity contribution in [2.24, 2.45) is 5.73 Å². The second-order valence-electron chi connectivity index (χ2n) is 6.05. The van der Waals surface area contributed by atoms with Gasteiger partial charge in [-0.1, -0.05) is 16.8 Å². The van der Waals surface area contributed by atoms with E-state index in [1.165, 1.54) is 4.90 Å². The molecule has 0 aliphatic heterocycles. The minimum absolute atomic E-state index is 0.0688. The lowest BCUT2D eigenvalue weighted by molar-refractivity contribution is 0.229. The number of halogens is 1. The summed E-state index contributed by atoms with van der Waals surface area (Å²) >= 11 is 6.32. The lowest BCUT2D eigenvalue weighted by Gasteiger charge is -2.23. The maximum absolute atomic E-state index is 12.1. The molecule has 25 heavy (non-hydrogen) atoms. The van der Waals surface area contributed by atoms with E-state index in [9.17, 15) is 4.79 Å². The Balaban J connectivity index is 2.59. The van der Waals surface area contributed by atoms with Gasteiger partial charge in [-0.05, 0) is 40.7 Å². The highest BCUT2D eigenvalue weighted by Gasteiger charge is 2.25. The average Bonchev–Trinajstić information content (AvgIpc) is 2.88. The summed E-state index contributed by atoms with van der Waals surface area (Å²) in [5.41, 5.74) is 5.91. The van der Waals surface area contributed by atoms with Crippen LogP contribution < -0.4 is 20.1 Å². The van der Waals surface area contributed by atoms with Crippen LogP contribution in [0.5, 0.6) is 11.5 Å². The molecule has 2 amide bonds. The highest BCUT2D eigenvalue weighted by molar-refractivity contribution is 6.32. The normalized spacial score (nSPS) is 11.0. The Morgan fingerprint density at radius 2 is 1.76 bits per heavy atom. The molecule has 2 N–H and O–H groups in total. The lowest BCUT2D eigenvalue weighted by Crippen LogP contribution is -2.32. The van der Waals surface area contributed by atoms with Gasteiger partial charge < -0.3 is 19.7 Å². The molecule has 1 heterocycles. The Morgan fingerprint density at radius 1 is 1.16 bits per heavy atom. The highest BCUT2D eigenvalue weighted by Crippen LogP contribution is 2.41. The van der Waals surface area contributed by atoms with Crippen molar-refractivity contribution < 1.29 is 18.8 Å². The number of amides is 2. The third kappa shape index (κ3) is 4.57. The molecule has 0 atom stereocenters. The highest BCUT2D eigenvalue weighted by atomic mass is 35.5. The van der Waals surface area contributed by atoms with Crippen molar-refractivity contribution in [3.8, 4) is 11.5 Å². The number of hydrogen-bond donors (Lipinski definition) is 1. The zero-order valence-electron chi connectivity index (χ0n) is 14.9. The molecule has 0 saturated carbocycles. The number of primary amides is 1. The molecular formula is C17H22ClN3O4. The van der Waals surface area contributed by atoms with Crippen LogP contribution in [0.2, 0.25) is 5.02 Å². The van der Waals surface area contributed by atoms with Crippen LogP contribution in [0, 0.1) is 6.92 Å². The van der Waals surface area contributed by atoms with E-state index >= 15 is 0 Å². The van der Waals surface area contributed by atoms with Gasteiger partial charge in [0.25, 0.3) is 0 Å². The molecule has 7 nitrogen and oxygen atoms in total. The number of urea groups is 1. The fourth-order valence-corrected chi connectivity index (χ4v) is 2.41. The summed E-state index contributed by atoms with van der Waals surface area (Å²) in [6.45, 7) is 9.24. The van der Waals surface area contributed by atoms with Crippen molar-refractivity contribution in [2.75, 3.05) is 4.90 Å². The van der Waals surface area contributed by atoms with E-state index in [0.29, 0.717) is 28.0 Å². The van der Waals surface area contributed by atoms with Gasteiger partial charge in [0.05, 0.1) is 22.9 Å². The molecule has 0 radical (unpaired) electrons. The summed E-state index contributed by atoms with van der Waals surface area (Å²) in [4.78, 5) is 13.2. The maximum Gasteiger partial charge on any atom is 0.325 e. The Kier molecular flexibility index (Phi) is 5.79. The molecule has 2 aromatic rings. The van der Waals surface area contributed by atoms with E-state index < -0.39 is 6.03 Å². The minimum Gasteiger partial charge on any atom is -0.489 e. The molecule has 1 aromatic carbocycles. The van der Waals surface area contributed by atoms with Crippen LogP contribution in [0.25, 0.3) is 0 Å². The Bertz CT molecular complexity index is 758. The van der Waals surface area contributed by atoms with Crippen LogP contribution >= 0.6 is 11.6 Å². The smallest absolute Gasteiger partial charge is 0.325 e. The van der Waals surface area contributed by atoms with Gasteiger partial charge >= 0.3 is 6.03 Å². The van der Waals surface area contributed by atoms with Gasteiger partial charge in [-0.25, -0.2) is 9.69 Å². The number of anilines is 2. The third-order valence-corrected chi connectivity index (χ3v) is 3.34. The van der Waals surface area contributed by atoms with E-state index in [1.807, 2.05) is 27.7 Å². The van der Waals surface area contributed by atoms with Crippen molar-refractivity contribution in [3.05, 3.63) is 29.0 Å². The molecule has 136 valence electrons. The fraction of sp³-hybridized carbons (Fsp3) is 0.412. The Morgan fingerprint density at radius 3 is 2.24 bits per heavy atom. The van der Waals surface area contributed by atoms with Crippen LogP contribution in [0.3, 0.4) is 0 Å². The molecular weight excluding hydrogens is 346 g/mol. The van der Waals surface area contributed by atoms with Crippen LogP contribution in [0.4, 0.5) is 16.3 Å². The molecule has 1 aromatic heterocycles. The van der Waals surface area contributed by atoms with Crippen molar-refractivity contribution in [1.82, 2.24) is 5.16 Å². The summed E-state index contributed by atoms with van der Waals surface area (Å²) < 4.78 is 16.6. The molecule has 0 bridgehead atoms. The molecule has 0 aliphatic carbocycles. The predicted octanol–water partition coefficient (Wildman–Crippen LogP) is 4.43. The first kappa shape index (κ1) is 18.9. The summed E-state index contributed by atoms with van der Waals surface area (Å²) in [6.07, 6.45) is -0.207.